The standard InChI is InChI=1S/C15H22O5/c1-9-8-15(13(16)19-3,14(17)20-4)10-6-5-7-11(18-2)12(9)10/h10-12H,1,5-8H2,2-4H3/t10-,11-,12-/m0/s1. The Hall–Kier alpha value is -1.36. The molecule has 0 spiro atoms. The van der Waals surface area contributed by atoms with Crippen LogP contribution in [-0.4, -0.2) is 39.4 Å². The molecule has 0 aliphatic heterocycles. The molecular weight excluding hydrogens is 260 g/mol. The number of carbonyl (C=O) groups is 2. The molecule has 0 bridgehead atoms. The van der Waals surface area contributed by atoms with Gasteiger partial charge in [0.2, 0.25) is 0 Å². The molecule has 3 atom stereocenters. The molecule has 0 aromatic rings. The van der Waals surface area contributed by atoms with Gasteiger partial charge in [0.1, 0.15) is 0 Å². The summed E-state index contributed by atoms with van der Waals surface area (Å²) in [4.78, 5) is 24.7. The van der Waals surface area contributed by atoms with Crippen molar-refractivity contribution in [3.8, 4) is 0 Å². The van der Waals surface area contributed by atoms with Gasteiger partial charge in [-0.3, -0.25) is 9.59 Å². The molecule has 0 saturated heterocycles. The van der Waals surface area contributed by atoms with Gasteiger partial charge in [0.15, 0.2) is 5.41 Å². The van der Waals surface area contributed by atoms with Crippen LogP contribution >= 0.6 is 0 Å². The van der Waals surface area contributed by atoms with Gasteiger partial charge in [-0.2, -0.15) is 0 Å². The molecule has 0 N–H and O–H groups in total. The Kier molecular flexibility index (Phi) is 4.18. The highest BCUT2D eigenvalue weighted by Crippen LogP contribution is 2.57. The van der Waals surface area contributed by atoms with Gasteiger partial charge in [-0.05, 0) is 25.2 Å². The summed E-state index contributed by atoms with van der Waals surface area (Å²) in [6.45, 7) is 4.07. The fraction of sp³-hybridized carbons (Fsp3) is 0.733. The maximum atomic E-state index is 12.3. The number of carbonyl (C=O) groups excluding carboxylic acids is 2. The summed E-state index contributed by atoms with van der Waals surface area (Å²) in [6.07, 6.45) is 2.94. The topological polar surface area (TPSA) is 61.8 Å². The number of ether oxygens (including phenoxy) is 3. The Morgan fingerprint density at radius 3 is 2.25 bits per heavy atom. The predicted molar refractivity (Wildman–Crippen MR) is 71.9 cm³/mol. The lowest BCUT2D eigenvalue weighted by molar-refractivity contribution is -0.174. The van der Waals surface area contributed by atoms with E-state index in [-0.39, 0.29) is 17.9 Å². The van der Waals surface area contributed by atoms with Crippen molar-refractivity contribution >= 4 is 11.9 Å². The summed E-state index contributed by atoms with van der Waals surface area (Å²) in [5.74, 6) is -1.16. The smallest absolute Gasteiger partial charge is 0.323 e. The highest BCUT2D eigenvalue weighted by Gasteiger charge is 2.63. The second-order valence-corrected chi connectivity index (χ2v) is 5.63. The second-order valence-electron chi connectivity index (χ2n) is 5.63. The number of fused-ring (bicyclic) bond motifs is 1. The van der Waals surface area contributed by atoms with Gasteiger partial charge in [-0.25, -0.2) is 0 Å². The van der Waals surface area contributed by atoms with Gasteiger partial charge in [0.25, 0.3) is 0 Å². The number of rotatable bonds is 3. The van der Waals surface area contributed by atoms with E-state index >= 15 is 0 Å². The Morgan fingerprint density at radius 1 is 1.15 bits per heavy atom. The quantitative estimate of drug-likeness (QED) is 0.448. The zero-order valence-corrected chi connectivity index (χ0v) is 12.3. The van der Waals surface area contributed by atoms with E-state index in [1.54, 1.807) is 7.11 Å². The third kappa shape index (κ3) is 1.95. The highest BCUT2D eigenvalue weighted by molar-refractivity contribution is 6.01. The molecule has 2 aliphatic carbocycles. The summed E-state index contributed by atoms with van der Waals surface area (Å²) < 4.78 is 15.3. The number of methoxy groups -OCH3 is 3. The van der Waals surface area contributed by atoms with Crippen LogP contribution in [0.25, 0.3) is 0 Å². The minimum atomic E-state index is -1.25. The fourth-order valence-electron chi connectivity index (χ4n) is 4.02. The third-order valence-corrected chi connectivity index (χ3v) is 4.85. The van der Waals surface area contributed by atoms with E-state index < -0.39 is 17.4 Å². The predicted octanol–water partition coefficient (Wildman–Crippen LogP) is 1.71. The molecule has 0 aromatic heterocycles. The van der Waals surface area contributed by atoms with Crippen LogP contribution in [0.1, 0.15) is 25.7 Å². The third-order valence-electron chi connectivity index (χ3n) is 4.85. The van der Waals surface area contributed by atoms with Crippen molar-refractivity contribution in [3.63, 3.8) is 0 Å². The Balaban J connectivity index is 2.46. The van der Waals surface area contributed by atoms with Crippen LogP contribution in [0.4, 0.5) is 0 Å². The lowest BCUT2D eigenvalue weighted by Gasteiger charge is -2.38. The molecule has 0 amide bonds. The Morgan fingerprint density at radius 2 is 1.75 bits per heavy atom. The first-order chi connectivity index (χ1) is 9.52. The monoisotopic (exact) mass is 282 g/mol. The first kappa shape index (κ1) is 15.0. The highest BCUT2D eigenvalue weighted by atomic mass is 16.5. The number of hydrogen-bond donors (Lipinski definition) is 0. The molecule has 112 valence electrons. The van der Waals surface area contributed by atoms with E-state index in [1.807, 2.05) is 0 Å². The van der Waals surface area contributed by atoms with Crippen LogP contribution in [-0.2, 0) is 23.8 Å². The molecule has 2 rings (SSSR count). The van der Waals surface area contributed by atoms with Gasteiger partial charge in [0, 0.05) is 13.0 Å². The molecule has 0 heterocycles. The van der Waals surface area contributed by atoms with Crippen LogP contribution in [0, 0.1) is 17.3 Å². The van der Waals surface area contributed by atoms with Crippen LogP contribution < -0.4 is 0 Å². The van der Waals surface area contributed by atoms with Crippen molar-refractivity contribution in [2.24, 2.45) is 17.3 Å². The molecule has 2 aliphatic rings. The zero-order valence-electron chi connectivity index (χ0n) is 12.3. The Bertz CT molecular complexity index is 412. The first-order valence-electron chi connectivity index (χ1n) is 6.90. The minimum Gasteiger partial charge on any atom is -0.468 e. The van der Waals surface area contributed by atoms with E-state index in [1.165, 1.54) is 14.2 Å². The average Bonchev–Trinajstić information content (AvgIpc) is 2.80. The molecule has 0 aromatic carbocycles. The van der Waals surface area contributed by atoms with Gasteiger partial charge in [0.05, 0.1) is 20.3 Å². The molecule has 20 heavy (non-hydrogen) atoms. The van der Waals surface area contributed by atoms with Crippen LogP contribution in [0.2, 0.25) is 0 Å². The molecule has 0 radical (unpaired) electrons. The van der Waals surface area contributed by atoms with E-state index in [4.69, 9.17) is 14.2 Å². The van der Waals surface area contributed by atoms with Gasteiger partial charge >= 0.3 is 11.9 Å². The van der Waals surface area contributed by atoms with Crippen molar-refractivity contribution in [3.05, 3.63) is 12.2 Å². The van der Waals surface area contributed by atoms with E-state index in [2.05, 4.69) is 6.58 Å². The molecular formula is C15H22O5. The number of hydrogen-bond acceptors (Lipinski definition) is 5. The SMILES string of the molecule is C=C1CC(C(=O)OC)(C(=O)OC)[C@H]2CCC[C@H](OC)[C@@H]12. The van der Waals surface area contributed by atoms with Crippen molar-refractivity contribution < 1.29 is 23.8 Å². The summed E-state index contributed by atoms with van der Waals surface area (Å²) >= 11 is 0. The normalized spacial score (nSPS) is 31.6. The van der Waals surface area contributed by atoms with Gasteiger partial charge < -0.3 is 14.2 Å². The minimum absolute atomic E-state index is 0.0115. The largest absolute Gasteiger partial charge is 0.468 e. The maximum absolute atomic E-state index is 12.3. The average molecular weight is 282 g/mol. The maximum Gasteiger partial charge on any atom is 0.323 e. The van der Waals surface area contributed by atoms with Gasteiger partial charge in [-0.1, -0.05) is 18.6 Å². The van der Waals surface area contributed by atoms with Crippen molar-refractivity contribution in [2.75, 3.05) is 21.3 Å². The Labute approximate surface area is 119 Å². The van der Waals surface area contributed by atoms with Crippen LogP contribution in [0.15, 0.2) is 12.2 Å². The molecule has 0 unspecified atom stereocenters. The van der Waals surface area contributed by atoms with Crippen LogP contribution in [0.5, 0.6) is 0 Å². The van der Waals surface area contributed by atoms with E-state index in [0.717, 1.165) is 24.8 Å². The van der Waals surface area contributed by atoms with Crippen molar-refractivity contribution in [1.82, 2.24) is 0 Å². The van der Waals surface area contributed by atoms with Gasteiger partial charge in [-0.15, -0.1) is 0 Å². The summed E-state index contributed by atoms with van der Waals surface area (Å²) in [7, 11) is 4.27. The summed E-state index contributed by atoms with van der Waals surface area (Å²) in [5, 5.41) is 0. The van der Waals surface area contributed by atoms with Crippen LogP contribution in [0.3, 0.4) is 0 Å². The first-order valence-corrected chi connectivity index (χ1v) is 6.90. The second kappa shape index (κ2) is 5.56. The van der Waals surface area contributed by atoms with Crippen molar-refractivity contribution in [1.29, 1.82) is 0 Å². The summed E-state index contributed by atoms with van der Waals surface area (Å²) in [5.41, 5.74) is -0.361. The summed E-state index contributed by atoms with van der Waals surface area (Å²) in [6, 6.07) is 0. The molecule has 5 nitrogen and oxygen atoms in total. The van der Waals surface area contributed by atoms with Crippen molar-refractivity contribution in [2.45, 2.75) is 31.8 Å². The fourth-order valence-corrected chi connectivity index (χ4v) is 4.02. The molecule has 2 saturated carbocycles. The lowest BCUT2D eigenvalue weighted by atomic mass is 9.68. The zero-order chi connectivity index (χ0) is 14.9. The van der Waals surface area contributed by atoms with E-state index in [0.29, 0.717) is 6.42 Å². The molecule has 5 heteroatoms. The van der Waals surface area contributed by atoms with E-state index in [9.17, 15) is 9.59 Å². The molecule has 2 fully saturated rings. The number of esters is 2. The lowest BCUT2D eigenvalue weighted by Crippen LogP contribution is -2.48.